The minimum atomic E-state index is 0.447. The number of nitrogens with one attached hydrogen (secondary N) is 1. The molecule has 1 aromatic heterocycles. The van der Waals surface area contributed by atoms with Crippen LogP contribution in [-0.2, 0) is 6.42 Å². The van der Waals surface area contributed by atoms with Gasteiger partial charge in [-0.1, -0.05) is 35.9 Å². The number of nitrogen functional groups attached to an aromatic ring is 1. The fraction of sp³-hybridized carbons (Fsp3) is 0.214. The Labute approximate surface area is 112 Å². The zero-order valence-electron chi connectivity index (χ0n) is 10.3. The van der Waals surface area contributed by atoms with Crippen LogP contribution in [0.25, 0.3) is 0 Å². The molecule has 0 aliphatic carbocycles. The van der Waals surface area contributed by atoms with E-state index in [1.54, 1.807) is 12.1 Å². The van der Waals surface area contributed by atoms with Crippen molar-refractivity contribution in [2.75, 3.05) is 17.6 Å². The molecule has 0 spiro atoms. The van der Waals surface area contributed by atoms with Gasteiger partial charge in [0.2, 0.25) is 0 Å². The Morgan fingerprint density at radius 2 is 2.00 bits per heavy atom. The number of hydrogen-bond acceptors (Lipinski definition) is 3. The highest BCUT2D eigenvalue weighted by atomic mass is 35.5. The second kappa shape index (κ2) is 5.74. The van der Waals surface area contributed by atoms with E-state index >= 15 is 0 Å². The van der Waals surface area contributed by atoms with Gasteiger partial charge in [0.05, 0.1) is 5.69 Å². The van der Waals surface area contributed by atoms with Crippen molar-refractivity contribution in [2.45, 2.75) is 13.3 Å². The quantitative estimate of drug-likeness (QED) is 0.831. The zero-order valence-corrected chi connectivity index (χ0v) is 11.0. The summed E-state index contributed by atoms with van der Waals surface area (Å²) in [5, 5.41) is 3.66. The minimum Gasteiger partial charge on any atom is -0.396 e. The molecule has 0 aliphatic heterocycles. The lowest BCUT2D eigenvalue weighted by Crippen LogP contribution is -2.09. The summed E-state index contributed by atoms with van der Waals surface area (Å²) in [4.78, 5) is 4.16. The van der Waals surface area contributed by atoms with Crippen LogP contribution in [-0.4, -0.2) is 11.5 Å². The Morgan fingerprint density at radius 3 is 2.78 bits per heavy atom. The van der Waals surface area contributed by atoms with E-state index in [-0.39, 0.29) is 0 Å². The summed E-state index contributed by atoms with van der Waals surface area (Å²) >= 11 is 5.83. The molecule has 2 aromatic rings. The molecule has 0 atom stereocenters. The van der Waals surface area contributed by atoms with E-state index in [1.165, 1.54) is 11.1 Å². The molecule has 3 N–H and O–H groups in total. The first kappa shape index (κ1) is 12.7. The van der Waals surface area contributed by atoms with Crippen molar-refractivity contribution in [3.63, 3.8) is 0 Å². The second-order valence-electron chi connectivity index (χ2n) is 4.18. The summed E-state index contributed by atoms with van der Waals surface area (Å²) in [5.41, 5.74) is 9.05. The fourth-order valence-electron chi connectivity index (χ4n) is 1.79. The molecule has 2 rings (SSSR count). The average Bonchev–Trinajstić information content (AvgIpc) is 2.36. The van der Waals surface area contributed by atoms with Crippen molar-refractivity contribution >= 4 is 23.1 Å². The molecule has 1 aromatic carbocycles. The highest BCUT2D eigenvalue weighted by Crippen LogP contribution is 2.18. The molecule has 0 fully saturated rings. The van der Waals surface area contributed by atoms with Crippen molar-refractivity contribution < 1.29 is 0 Å². The molecule has 0 saturated heterocycles. The second-order valence-corrected chi connectivity index (χ2v) is 4.56. The third kappa shape index (κ3) is 3.14. The van der Waals surface area contributed by atoms with Gasteiger partial charge in [-0.15, -0.1) is 0 Å². The van der Waals surface area contributed by atoms with Crippen LogP contribution in [0.1, 0.15) is 11.1 Å². The molecule has 4 heteroatoms. The van der Waals surface area contributed by atoms with Gasteiger partial charge in [-0.3, -0.25) is 0 Å². The lowest BCUT2D eigenvalue weighted by Gasteiger charge is -2.09. The van der Waals surface area contributed by atoms with E-state index in [0.29, 0.717) is 16.7 Å². The number of rotatable bonds is 4. The van der Waals surface area contributed by atoms with E-state index in [1.807, 2.05) is 12.1 Å². The normalized spacial score (nSPS) is 10.3. The molecule has 18 heavy (non-hydrogen) atoms. The first-order valence-corrected chi connectivity index (χ1v) is 6.25. The summed E-state index contributed by atoms with van der Waals surface area (Å²) in [6.45, 7) is 2.89. The molecule has 0 aliphatic rings. The van der Waals surface area contributed by atoms with Gasteiger partial charge in [0.15, 0.2) is 5.82 Å². The number of pyridine rings is 1. The maximum Gasteiger partial charge on any atom is 0.150 e. The first-order chi connectivity index (χ1) is 8.66. The Kier molecular flexibility index (Phi) is 4.05. The van der Waals surface area contributed by atoms with Crippen LogP contribution in [0.15, 0.2) is 36.4 Å². The Morgan fingerprint density at radius 1 is 1.22 bits per heavy atom. The third-order valence-corrected chi connectivity index (χ3v) is 3.05. The Hall–Kier alpha value is -1.74. The van der Waals surface area contributed by atoms with Crippen molar-refractivity contribution in [1.82, 2.24) is 4.98 Å². The molecule has 0 unspecified atom stereocenters. The van der Waals surface area contributed by atoms with Gasteiger partial charge in [-0.25, -0.2) is 4.98 Å². The maximum atomic E-state index is 5.83. The molecular weight excluding hydrogens is 246 g/mol. The molecular formula is C14H16ClN3. The lowest BCUT2D eigenvalue weighted by molar-refractivity contribution is 0.995. The van der Waals surface area contributed by atoms with Crippen LogP contribution >= 0.6 is 11.6 Å². The van der Waals surface area contributed by atoms with Crippen molar-refractivity contribution in [3.8, 4) is 0 Å². The number of halogens is 1. The van der Waals surface area contributed by atoms with E-state index < -0.39 is 0 Å². The molecule has 0 saturated carbocycles. The van der Waals surface area contributed by atoms with Crippen molar-refractivity contribution in [3.05, 3.63) is 52.7 Å². The Balaban J connectivity index is 1.96. The monoisotopic (exact) mass is 261 g/mol. The molecule has 1 heterocycles. The molecule has 94 valence electrons. The average molecular weight is 262 g/mol. The predicted molar refractivity (Wildman–Crippen MR) is 77.0 cm³/mol. The lowest BCUT2D eigenvalue weighted by atomic mass is 10.1. The highest BCUT2D eigenvalue weighted by molar-refractivity contribution is 6.29. The van der Waals surface area contributed by atoms with Crippen molar-refractivity contribution in [1.29, 1.82) is 0 Å². The van der Waals surface area contributed by atoms with Gasteiger partial charge < -0.3 is 11.1 Å². The first-order valence-electron chi connectivity index (χ1n) is 5.87. The minimum absolute atomic E-state index is 0.447. The van der Waals surface area contributed by atoms with E-state index in [9.17, 15) is 0 Å². The van der Waals surface area contributed by atoms with Crippen LogP contribution in [0.3, 0.4) is 0 Å². The number of benzene rings is 1. The number of anilines is 2. The summed E-state index contributed by atoms with van der Waals surface area (Å²) in [6, 6.07) is 11.8. The smallest absolute Gasteiger partial charge is 0.150 e. The number of aromatic nitrogens is 1. The third-order valence-electron chi connectivity index (χ3n) is 2.84. The topological polar surface area (TPSA) is 50.9 Å². The summed E-state index contributed by atoms with van der Waals surface area (Å²) < 4.78 is 0. The summed E-state index contributed by atoms with van der Waals surface area (Å²) in [5.74, 6) is 0.649. The zero-order chi connectivity index (χ0) is 13.0. The molecule has 0 amide bonds. The van der Waals surface area contributed by atoms with Crippen molar-refractivity contribution in [2.24, 2.45) is 0 Å². The van der Waals surface area contributed by atoms with E-state index in [0.717, 1.165) is 13.0 Å². The molecule has 3 nitrogen and oxygen atoms in total. The number of nitrogens with zero attached hydrogens (tertiary/aromatic N) is 1. The van der Waals surface area contributed by atoms with Crippen LogP contribution in [0.2, 0.25) is 5.15 Å². The van der Waals surface area contributed by atoms with Gasteiger partial charge in [0, 0.05) is 6.54 Å². The van der Waals surface area contributed by atoms with Gasteiger partial charge >= 0.3 is 0 Å². The number of hydrogen-bond donors (Lipinski definition) is 2. The van der Waals surface area contributed by atoms with Gasteiger partial charge in [0.25, 0.3) is 0 Å². The fourth-order valence-corrected chi connectivity index (χ4v) is 1.94. The molecule has 0 bridgehead atoms. The predicted octanol–water partition coefficient (Wildman–Crippen LogP) is 3.28. The number of nitrogens with two attached hydrogens (primary N) is 1. The SMILES string of the molecule is Cc1ccccc1CCNc1nc(Cl)ccc1N. The highest BCUT2D eigenvalue weighted by Gasteiger charge is 2.02. The van der Waals surface area contributed by atoms with E-state index in [4.69, 9.17) is 17.3 Å². The van der Waals surface area contributed by atoms with Crippen LogP contribution in [0.4, 0.5) is 11.5 Å². The van der Waals surface area contributed by atoms with Gasteiger partial charge in [0.1, 0.15) is 5.15 Å². The Bertz CT molecular complexity index is 540. The number of aryl methyl sites for hydroxylation is 1. The van der Waals surface area contributed by atoms with Crippen LogP contribution in [0.5, 0.6) is 0 Å². The summed E-state index contributed by atoms with van der Waals surface area (Å²) in [6.07, 6.45) is 0.931. The van der Waals surface area contributed by atoms with Crippen LogP contribution in [0, 0.1) is 6.92 Å². The largest absolute Gasteiger partial charge is 0.396 e. The standard InChI is InChI=1S/C14H16ClN3/c1-10-4-2-3-5-11(10)8-9-17-14-12(16)6-7-13(15)18-14/h2-7H,8-9,16H2,1H3,(H,17,18). The van der Waals surface area contributed by atoms with Crippen LogP contribution < -0.4 is 11.1 Å². The summed E-state index contributed by atoms with van der Waals surface area (Å²) in [7, 11) is 0. The molecule has 0 radical (unpaired) electrons. The van der Waals surface area contributed by atoms with Gasteiger partial charge in [-0.2, -0.15) is 0 Å². The maximum absolute atomic E-state index is 5.83. The van der Waals surface area contributed by atoms with Gasteiger partial charge in [-0.05, 0) is 36.6 Å². The van der Waals surface area contributed by atoms with E-state index in [2.05, 4.69) is 29.4 Å².